The van der Waals surface area contributed by atoms with Gasteiger partial charge < -0.3 is 4.90 Å². The number of nitrogens with zero attached hydrogens (tertiary/aromatic N) is 2. The first-order valence-electron chi connectivity index (χ1n) is 5.12. The Labute approximate surface area is 104 Å². The SMILES string of the molecule is CCC(=O)N(C)Cc1cc([N+](=O)[O-])ccc1Cl. The Kier molecular flexibility index (Phi) is 4.45. The summed E-state index contributed by atoms with van der Waals surface area (Å²) in [5.74, 6) is -0.0347. The van der Waals surface area contributed by atoms with Crippen LogP contribution in [-0.2, 0) is 11.3 Å². The lowest BCUT2D eigenvalue weighted by Crippen LogP contribution is -2.25. The van der Waals surface area contributed by atoms with Gasteiger partial charge in [-0.25, -0.2) is 0 Å². The molecule has 0 heterocycles. The van der Waals surface area contributed by atoms with E-state index < -0.39 is 4.92 Å². The Bertz CT molecular complexity index is 448. The zero-order valence-corrected chi connectivity index (χ0v) is 10.4. The number of benzene rings is 1. The van der Waals surface area contributed by atoms with Crippen LogP contribution in [0.1, 0.15) is 18.9 Å². The van der Waals surface area contributed by atoms with Gasteiger partial charge >= 0.3 is 0 Å². The van der Waals surface area contributed by atoms with Crippen molar-refractivity contribution >= 4 is 23.2 Å². The molecular weight excluding hydrogens is 244 g/mol. The Balaban J connectivity index is 2.93. The first-order chi connectivity index (χ1) is 7.95. The van der Waals surface area contributed by atoms with Crippen LogP contribution < -0.4 is 0 Å². The van der Waals surface area contributed by atoms with Crippen molar-refractivity contribution in [3.8, 4) is 0 Å². The highest BCUT2D eigenvalue weighted by Gasteiger charge is 2.13. The van der Waals surface area contributed by atoms with Crippen molar-refractivity contribution in [3.63, 3.8) is 0 Å². The summed E-state index contributed by atoms with van der Waals surface area (Å²) in [5.41, 5.74) is 0.548. The molecule has 1 amide bonds. The van der Waals surface area contributed by atoms with Gasteiger partial charge in [-0.2, -0.15) is 0 Å². The third-order valence-corrected chi connectivity index (χ3v) is 2.74. The molecule has 5 nitrogen and oxygen atoms in total. The Morgan fingerprint density at radius 1 is 1.53 bits per heavy atom. The average molecular weight is 257 g/mol. The van der Waals surface area contributed by atoms with E-state index in [0.29, 0.717) is 17.0 Å². The molecule has 0 N–H and O–H groups in total. The number of carbonyl (C=O) groups is 1. The maximum absolute atomic E-state index is 11.4. The van der Waals surface area contributed by atoms with Gasteiger partial charge in [0.1, 0.15) is 0 Å². The molecule has 0 unspecified atom stereocenters. The topological polar surface area (TPSA) is 63.5 Å². The molecule has 1 aromatic rings. The molecule has 0 aliphatic rings. The summed E-state index contributed by atoms with van der Waals surface area (Å²) < 4.78 is 0. The highest BCUT2D eigenvalue weighted by atomic mass is 35.5. The normalized spacial score (nSPS) is 10.1. The summed E-state index contributed by atoms with van der Waals surface area (Å²) in [7, 11) is 1.64. The van der Waals surface area contributed by atoms with E-state index in [9.17, 15) is 14.9 Å². The molecule has 0 saturated carbocycles. The van der Waals surface area contributed by atoms with Gasteiger partial charge in [0.25, 0.3) is 5.69 Å². The second kappa shape index (κ2) is 5.63. The van der Waals surface area contributed by atoms with Gasteiger partial charge in [0.05, 0.1) is 4.92 Å². The maximum atomic E-state index is 11.4. The molecule has 17 heavy (non-hydrogen) atoms. The first kappa shape index (κ1) is 13.4. The first-order valence-corrected chi connectivity index (χ1v) is 5.50. The van der Waals surface area contributed by atoms with Gasteiger partial charge in [-0.05, 0) is 11.6 Å². The van der Waals surface area contributed by atoms with Gasteiger partial charge in [-0.1, -0.05) is 18.5 Å². The van der Waals surface area contributed by atoms with Gasteiger partial charge in [0.15, 0.2) is 0 Å². The summed E-state index contributed by atoms with van der Waals surface area (Å²) in [6.45, 7) is 2.03. The smallest absolute Gasteiger partial charge is 0.269 e. The van der Waals surface area contributed by atoms with Crippen molar-refractivity contribution in [2.45, 2.75) is 19.9 Å². The highest BCUT2D eigenvalue weighted by molar-refractivity contribution is 6.31. The van der Waals surface area contributed by atoms with Crippen LogP contribution in [0.25, 0.3) is 0 Å². The summed E-state index contributed by atoms with van der Waals surface area (Å²) >= 11 is 5.93. The van der Waals surface area contributed by atoms with Gasteiger partial charge in [-0.3, -0.25) is 14.9 Å². The molecule has 92 valence electrons. The fraction of sp³-hybridized carbons (Fsp3) is 0.364. The Morgan fingerprint density at radius 3 is 2.71 bits per heavy atom. The second-order valence-corrected chi connectivity index (χ2v) is 4.04. The standard InChI is InChI=1S/C11H13ClN2O3/c1-3-11(15)13(2)7-8-6-9(14(16)17)4-5-10(8)12/h4-6H,3,7H2,1-2H3. The number of rotatable bonds is 4. The summed E-state index contributed by atoms with van der Waals surface area (Å²) in [6.07, 6.45) is 0.392. The molecule has 0 atom stereocenters. The van der Waals surface area contributed by atoms with Crippen molar-refractivity contribution in [1.82, 2.24) is 4.90 Å². The quantitative estimate of drug-likeness (QED) is 0.614. The number of carbonyl (C=O) groups excluding carboxylic acids is 1. The highest BCUT2D eigenvalue weighted by Crippen LogP contribution is 2.23. The molecule has 0 aromatic heterocycles. The fourth-order valence-corrected chi connectivity index (χ4v) is 1.59. The van der Waals surface area contributed by atoms with Crippen LogP contribution in [-0.4, -0.2) is 22.8 Å². The van der Waals surface area contributed by atoms with Gasteiger partial charge in [0.2, 0.25) is 5.91 Å². The molecule has 0 saturated heterocycles. The molecule has 0 radical (unpaired) electrons. The summed E-state index contributed by atoms with van der Waals surface area (Å²) in [6, 6.07) is 4.20. The maximum Gasteiger partial charge on any atom is 0.269 e. The molecule has 1 aromatic carbocycles. The number of halogens is 1. The van der Waals surface area contributed by atoms with Crippen LogP contribution in [0.4, 0.5) is 5.69 Å². The molecule has 0 spiro atoms. The minimum absolute atomic E-state index is 0.0262. The van der Waals surface area contributed by atoms with E-state index in [1.165, 1.54) is 23.1 Å². The second-order valence-electron chi connectivity index (χ2n) is 3.64. The molecule has 1 rings (SSSR count). The molecule has 0 fully saturated rings. The van der Waals surface area contributed by atoms with Crippen LogP contribution >= 0.6 is 11.6 Å². The van der Waals surface area contributed by atoms with Crippen LogP contribution in [0.5, 0.6) is 0 Å². The molecule has 0 aliphatic heterocycles. The number of amides is 1. The van der Waals surface area contributed by atoms with Gasteiger partial charge in [0, 0.05) is 37.2 Å². The van der Waals surface area contributed by atoms with E-state index in [-0.39, 0.29) is 18.1 Å². The van der Waals surface area contributed by atoms with Crippen LogP contribution in [0, 0.1) is 10.1 Å². The van der Waals surface area contributed by atoms with E-state index in [0.717, 1.165) is 0 Å². The van der Waals surface area contributed by atoms with Crippen molar-refractivity contribution < 1.29 is 9.72 Å². The predicted octanol–water partition coefficient (Wildman–Crippen LogP) is 2.62. The number of nitro groups is 1. The third kappa shape index (κ3) is 3.42. The third-order valence-electron chi connectivity index (χ3n) is 2.38. The number of nitro benzene ring substituents is 1. The Hall–Kier alpha value is -1.62. The van der Waals surface area contributed by atoms with Crippen LogP contribution in [0.2, 0.25) is 5.02 Å². The van der Waals surface area contributed by atoms with Crippen molar-refractivity contribution in [1.29, 1.82) is 0 Å². The van der Waals surface area contributed by atoms with Crippen molar-refractivity contribution in [2.24, 2.45) is 0 Å². The summed E-state index contributed by atoms with van der Waals surface area (Å²) in [5, 5.41) is 11.0. The van der Waals surface area contributed by atoms with E-state index in [1.807, 2.05) is 0 Å². The minimum atomic E-state index is -0.485. The van der Waals surface area contributed by atoms with E-state index in [2.05, 4.69) is 0 Å². The lowest BCUT2D eigenvalue weighted by Gasteiger charge is -2.16. The predicted molar refractivity (Wildman–Crippen MR) is 64.9 cm³/mol. The number of non-ortho nitro benzene ring substituents is 1. The van der Waals surface area contributed by atoms with E-state index in [1.54, 1.807) is 14.0 Å². The monoisotopic (exact) mass is 256 g/mol. The molecule has 0 bridgehead atoms. The fourth-order valence-electron chi connectivity index (χ4n) is 1.41. The van der Waals surface area contributed by atoms with Crippen molar-refractivity contribution in [2.75, 3.05) is 7.05 Å². The van der Waals surface area contributed by atoms with Crippen LogP contribution in [0.15, 0.2) is 18.2 Å². The van der Waals surface area contributed by atoms with Crippen molar-refractivity contribution in [3.05, 3.63) is 38.9 Å². The molecule has 6 heteroatoms. The average Bonchev–Trinajstić information content (AvgIpc) is 2.30. The lowest BCUT2D eigenvalue weighted by molar-refractivity contribution is -0.384. The largest absolute Gasteiger partial charge is 0.341 e. The Morgan fingerprint density at radius 2 is 2.18 bits per heavy atom. The number of hydrogen-bond donors (Lipinski definition) is 0. The molecular formula is C11H13ClN2O3. The lowest BCUT2D eigenvalue weighted by atomic mass is 10.2. The van der Waals surface area contributed by atoms with E-state index >= 15 is 0 Å². The summed E-state index contributed by atoms with van der Waals surface area (Å²) in [4.78, 5) is 23.0. The minimum Gasteiger partial charge on any atom is -0.341 e. The van der Waals surface area contributed by atoms with E-state index in [4.69, 9.17) is 11.6 Å². The van der Waals surface area contributed by atoms with Crippen LogP contribution in [0.3, 0.4) is 0 Å². The van der Waals surface area contributed by atoms with Gasteiger partial charge in [-0.15, -0.1) is 0 Å². The zero-order valence-electron chi connectivity index (χ0n) is 9.64. The number of hydrogen-bond acceptors (Lipinski definition) is 3. The zero-order chi connectivity index (χ0) is 13.0. The molecule has 0 aliphatic carbocycles.